The van der Waals surface area contributed by atoms with E-state index in [9.17, 15) is 0 Å². The lowest BCUT2D eigenvalue weighted by Crippen LogP contribution is -2.00. The Morgan fingerprint density at radius 2 is 2.36 bits per heavy atom. The number of hydrogen-bond donors (Lipinski definition) is 0. The molecule has 4 heteroatoms. The van der Waals surface area contributed by atoms with E-state index in [2.05, 4.69) is 48.8 Å². The lowest BCUT2D eigenvalue weighted by molar-refractivity contribution is 0.892. The molecule has 0 aromatic carbocycles. The van der Waals surface area contributed by atoms with Crippen molar-refractivity contribution in [2.24, 2.45) is 0 Å². The predicted molar refractivity (Wildman–Crippen MR) is 51.8 cm³/mol. The SMILES string of the molecule is CC(Br)Cc1ncncc1Br. The van der Waals surface area contributed by atoms with E-state index in [1.54, 1.807) is 12.5 Å². The Bertz CT molecular complexity index is 238. The zero-order valence-corrected chi connectivity index (χ0v) is 9.26. The summed E-state index contributed by atoms with van der Waals surface area (Å²) in [6.07, 6.45) is 4.25. The van der Waals surface area contributed by atoms with Crippen LogP contribution in [0.15, 0.2) is 17.0 Å². The zero-order chi connectivity index (χ0) is 8.27. The van der Waals surface area contributed by atoms with Gasteiger partial charge in [0.1, 0.15) is 6.33 Å². The van der Waals surface area contributed by atoms with Crippen molar-refractivity contribution in [2.75, 3.05) is 0 Å². The third-order valence-corrected chi connectivity index (χ3v) is 2.20. The van der Waals surface area contributed by atoms with Crippen molar-refractivity contribution in [1.29, 1.82) is 0 Å². The summed E-state index contributed by atoms with van der Waals surface area (Å²) in [4.78, 5) is 8.46. The molecule has 0 aliphatic carbocycles. The molecule has 0 saturated heterocycles. The van der Waals surface area contributed by atoms with Crippen molar-refractivity contribution in [1.82, 2.24) is 9.97 Å². The van der Waals surface area contributed by atoms with E-state index >= 15 is 0 Å². The van der Waals surface area contributed by atoms with Gasteiger partial charge in [0.25, 0.3) is 0 Å². The molecule has 0 aliphatic rings. The van der Waals surface area contributed by atoms with Crippen molar-refractivity contribution in [3.05, 3.63) is 22.7 Å². The maximum absolute atomic E-state index is 4.13. The number of alkyl halides is 1. The van der Waals surface area contributed by atoms with Crippen LogP contribution < -0.4 is 0 Å². The minimum atomic E-state index is 0.452. The monoisotopic (exact) mass is 278 g/mol. The molecule has 0 radical (unpaired) electrons. The lowest BCUT2D eigenvalue weighted by Gasteiger charge is -2.02. The van der Waals surface area contributed by atoms with Crippen LogP contribution in [0.2, 0.25) is 0 Å². The first-order valence-electron chi connectivity index (χ1n) is 3.28. The summed E-state index contributed by atoms with van der Waals surface area (Å²) in [6, 6.07) is 0. The second-order valence-corrected chi connectivity index (χ2v) is 4.72. The van der Waals surface area contributed by atoms with Crippen LogP contribution in [-0.4, -0.2) is 14.8 Å². The highest BCUT2D eigenvalue weighted by Crippen LogP contribution is 2.15. The molecule has 0 N–H and O–H groups in total. The fourth-order valence-corrected chi connectivity index (χ4v) is 1.44. The van der Waals surface area contributed by atoms with Crippen LogP contribution in [0.1, 0.15) is 12.6 Å². The standard InChI is InChI=1S/C7H8Br2N2/c1-5(8)2-7-6(9)3-10-4-11-7/h3-5H,2H2,1H3. The van der Waals surface area contributed by atoms with Crippen LogP contribution in [0.4, 0.5) is 0 Å². The van der Waals surface area contributed by atoms with E-state index in [1.807, 2.05) is 0 Å². The Morgan fingerprint density at radius 1 is 1.64 bits per heavy atom. The maximum Gasteiger partial charge on any atom is 0.115 e. The van der Waals surface area contributed by atoms with Gasteiger partial charge in [0, 0.05) is 17.4 Å². The molecular formula is C7H8Br2N2. The second kappa shape index (κ2) is 4.16. The predicted octanol–water partition coefficient (Wildman–Crippen LogP) is 2.57. The Kier molecular flexibility index (Phi) is 3.45. The highest BCUT2D eigenvalue weighted by Gasteiger charge is 2.03. The van der Waals surface area contributed by atoms with Gasteiger partial charge in [-0.25, -0.2) is 9.97 Å². The van der Waals surface area contributed by atoms with Crippen molar-refractivity contribution in [3.8, 4) is 0 Å². The summed E-state index contributed by atoms with van der Waals surface area (Å²) < 4.78 is 0.978. The van der Waals surface area contributed by atoms with Gasteiger partial charge in [-0.1, -0.05) is 22.9 Å². The minimum Gasteiger partial charge on any atom is -0.244 e. The molecule has 0 aliphatic heterocycles. The van der Waals surface area contributed by atoms with Crippen LogP contribution >= 0.6 is 31.9 Å². The van der Waals surface area contributed by atoms with E-state index in [0.717, 1.165) is 16.6 Å². The molecule has 1 aromatic rings. The molecule has 1 rings (SSSR count). The molecule has 0 spiro atoms. The molecule has 1 atom stereocenters. The third-order valence-electron chi connectivity index (χ3n) is 1.22. The van der Waals surface area contributed by atoms with Gasteiger partial charge in [0.05, 0.1) is 10.2 Å². The van der Waals surface area contributed by atoms with Gasteiger partial charge >= 0.3 is 0 Å². The molecule has 0 fully saturated rings. The zero-order valence-electron chi connectivity index (χ0n) is 6.09. The molecule has 2 nitrogen and oxygen atoms in total. The van der Waals surface area contributed by atoms with E-state index in [4.69, 9.17) is 0 Å². The number of halogens is 2. The first-order chi connectivity index (χ1) is 5.20. The number of hydrogen-bond acceptors (Lipinski definition) is 2. The molecule has 1 heterocycles. The summed E-state index contributed by atoms with van der Waals surface area (Å²) in [5, 5.41) is 0. The fraction of sp³-hybridized carbons (Fsp3) is 0.429. The van der Waals surface area contributed by atoms with Crippen LogP contribution in [-0.2, 0) is 6.42 Å². The van der Waals surface area contributed by atoms with E-state index < -0.39 is 0 Å². The number of rotatable bonds is 2. The first-order valence-corrected chi connectivity index (χ1v) is 4.99. The van der Waals surface area contributed by atoms with Crippen molar-refractivity contribution in [2.45, 2.75) is 18.2 Å². The maximum atomic E-state index is 4.13. The quantitative estimate of drug-likeness (QED) is 0.778. The third kappa shape index (κ3) is 2.87. The normalized spacial score (nSPS) is 13.0. The lowest BCUT2D eigenvalue weighted by atomic mass is 10.2. The van der Waals surface area contributed by atoms with Crippen LogP contribution in [0.5, 0.6) is 0 Å². The molecule has 0 amide bonds. The molecule has 0 saturated carbocycles. The Labute approximate surface area is 82.7 Å². The van der Waals surface area contributed by atoms with Gasteiger partial charge in [-0.05, 0) is 15.9 Å². The van der Waals surface area contributed by atoms with Crippen LogP contribution in [0, 0.1) is 0 Å². The van der Waals surface area contributed by atoms with Crippen LogP contribution in [0.3, 0.4) is 0 Å². The summed E-state index contributed by atoms with van der Waals surface area (Å²) in [7, 11) is 0. The molecule has 1 unspecified atom stereocenters. The van der Waals surface area contributed by atoms with Gasteiger partial charge < -0.3 is 0 Å². The smallest absolute Gasteiger partial charge is 0.115 e. The highest BCUT2D eigenvalue weighted by atomic mass is 79.9. The number of aromatic nitrogens is 2. The average molecular weight is 280 g/mol. The van der Waals surface area contributed by atoms with Gasteiger partial charge in [-0.2, -0.15) is 0 Å². The van der Waals surface area contributed by atoms with E-state index in [0.29, 0.717) is 4.83 Å². The minimum absolute atomic E-state index is 0.452. The van der Waals surface area contributed by atoms with Gasteiger partial charge in [-0.15, -0.1) is 0 Å². The molecule has 11 heavy (non-hydrogen) atoms. The summed E-state index contributed by atoms with van der Waals surface area (Å²) in [6.45, 7) is 2.09. The van der Waals surface area contributed by atoms with E-state index in [-0.39, 0.29) is 0 Å². The largest absolute Gasteiger partial charge is 0.244 e. The molecule has 1 aromatic heterocycles. The fourth-order valence-electron chi connectivity index (χ4n) is 0.755. The van der Waals surface area contributed by atoms with Gasteiger partial charge in [0.15, 0.2) is 0 Å². The number of nitrogens with zero attached hydrogens (tertiary/aromatic N) is 2. The van der Waals surface area contributed by atoms with E-state index in [1.165, 1.54) is 0 Å². The second-order valence-electron chi connectivity index (χ2n) is 2.30. The van der Waals surface area contributed by atoms with Crippen molar-refractivity contribution >= 4 is 31.9 Å². The van der Waals surface area contributed by atoms with Gasteiger partial charge in [-0.3, -0.25) is 0 Å². The Hall–Kier alpha value is 0.0400. The Balaban J connectivity index is 2.78. The molecule has 60 valence electrons. The first kappa shape index (κ1) is 9.13. The van der Waals surface area contributed by atoms with Crippen molar-refractivity contribution in [3.63, 3.8) is 0 Å². The van der Waals surface area contributed by atoms with Crippen LogP contribution in [0.25, 0.3) is 0 Å². The summed E-state index contributed by atoms with van der Waals surface area (Å²) >= 11 is 6.84. The highest BCUT2D eigenvalue weighted by molar-refractivity contribution is 9.10. The molecular weight excluding hydrogens is 272 g/mol. The van der Waals surface area contributed by atoms with Gasteiger partial charge in [0.2, 0.25) is 0 Å². The topological polar surface area (TPSA) is 25.8 Å². The molecule has 0 bridgehead atoms. The van der Waals surface area contributed by atoms with Crippen molar-refractivity contribution < 1.29 is 0 Å². The summed E-state index contributed by atoms with van der Waals surface area (Å²) in [5.41, 5.74) is 1.05. The average Bonchev–Trinajstić information content (AvgIpc) is 1.93. The Morgan fingerprint density at radius 3 is 2.91 bits per heavy atom. The summed E-state index contributed by atoms with van der Waals surface area (Å²) in [5.74, 6) is 0.